The molecular weight excluding hydrogens is 338 g/mol. The molecule has 1 saturated carbocycles. The second-order valence-electron chi connectivity index (χ2n) is 6.02. The highest BCUT2D eigenvalue weighted by Gasteiger charge is 2.39. The summed E-state index contributed by atoms with van der Waals surface area (Å²) in [5, 5.41) is 11.3. The Bertz CT molecular complexity index is 758. The van der Waals surface area contributed by atoms with Crippen LogP contribution >= 0.6 is 0 Å². The standard InChI is InChI=1S/C14H19N3O6S/c15-9-14(3-1-2-4-14)16-24(20,21)13-8-12-11(22-5-6-23-12)7-10(13)17(18)19/h7-8,16H,1-6,9,15H2. The van der Waals surface area contributed by atoms with Gasteiger partial charge in [-0.2, -0.15) is 0 Å². The number of hydrogen-bond donors (Lipinski definition) is 2. The summed E-state index contributed by atoms with van der Waals surface area (Å²) in [5.41, 5.74) is 4.46. The predicted molar refractivity (Wildman–Crippen MR) is 84.7 cm³/mol. The molecule has 24 heavy (non-hydrogen) atoms. The molecule has 0 spiro atoms. The molecular formula is C14H19N3O6S. The lowest BCUT2D eigenvalue weighted by atomic mass is 10.0. The van der Waals surface area contributed by atoms with E-state index in [9.17, 15) is 18.5 Å². The molecule has 2 aliphatic rings. The fourth-order valence-electron chi connectivity index (χ4n) is 3.16. The first-order valence-electron chi connectivity index (χ1n) is 7.69. The van der Waals surface area contributed by atoms with Crippen LogP contribution in [0.1, 0.15) is 25.7 Å². The maximum atomic E-state index is 12.8. The van der Waals surface area contributed by atoms with Crippen molar-refractivity contribution in [3.8, 4) is 11.5 Å². The summed E-state index contributed by atoms with van der Waals surface area (Å²) in [7, 11) is -4.13. The highest BCUT2D eigenvalue weighted by molar-refractivity contribution is 7.89. The van der Waals surface area contributed by atoms with E-state index in [2.05, 4.69) is 4.72 Å². The van der Waals surface area contributed by atoms with Crippen LogP contribution in [0.2, 0.25) is 0 Å². The van der Waals surface area contributed by atoms with E-state index < -0.39 is 31.1 Å². The molecule has 0 saturated heterocycles. The number of sulfonamides is 1. The zero-order valence-corrected chi connectivity index (χ0v) is 13.8. The van der Waals surface area contributed by atoms with Gasteiger partial charge in [-0.05, 0) is 12.8 Å². The van der Waals surface area contributed by atoms with Gasteiger partial charge in [-0.3, -0.25) is 10.1 Å². The molecule has 1 fully saturated rings. The zero-order valence-electron chi connectivity index (χ0n) is 13.0. The van der Waals surface area contributed by atoms with Crippen molar-refractivity contribution >= 4 is 15.7 Å². The smallest absolute Gasteiger partial charge is 0.293 e. The first-order valence-corrected chi connectivity index (χ1v) is 9.17. The quantitative estimate of drug-likeness (QED) is 0.591. The van der Waals surface area contributed by atoms with Crippen LogP contribution in [0.4, 0.5) is 5.69 Å². The first kappa shape index (κ1) is 16.9. The minimum absolute atomic E-state index is 0.143. The summed E-state index contributed by atoms with van der Waals surface area (Å²) >= 11 is 0. The minimum Gasteiger partial charge on any atom is -0.486 e. The normalized spacial score (nSPS) is 19.2. The Balaban J connectivity index is 2.04. The van der Waals surface area contributed by atoms with Crippen molar-refractivity contribution in [2.45, 2.75) is 36.1 Å². The number of benzene rings is 1. The molecule has 0 bridgehead atoms. The van der Waals surface area contributed by atoms with Crippen molar-refractivity contribution < 1.29 is 22.8 Å². The number of ether oxygens (including phenoxy) is 2. The van der Waals surface area contributed by atoms with E-state index in [0.29, 0.717) is 12.8 Å². The fourth-order valence-corrected chi connectivity index (χ4v) is 4.80. The molecule has 1 heterocycles. The van der Waals surface area contributed by atoms with Crippen LogP contribution in [0.15, 0.2) is 17.0 Å². The van der Waals surface area contributed by atoms with Gasteiger partial charge in [0.15, 0.2) is 16.4 Å². The van der Waals surface area contributed by atoms with E-state index in [1.165, 1.54) is 0 Å². The minimum atomic E-state index is -4.13. The van der Waals surface area contributed by atoms with Crippen LogP contribution in [0.5, 0.6) is 11.5 Å². The highest BCUT2D eigenvalue weighted by Crippen LogP contribution is 2.39. The maximum absolute atomic E-state index is 12.8. The Hall–Kier alpha value is -1.91. The average molecular weight is 357 g/mol. The molecule has 3 rings (SSSR count). The monoisotopic (exact) mass is 357 g/mol. The largest absolute Gasteiger partial charge is 0.486 e. The number of rotatable bonds is 5. The summed E-state index contributed by atoms with van der Waals surface area (Å²) in [5.74, 6) is 0.349. The molecule has 0 radical (unpaired) electrons. The van der Waals surface area contributed by atoms with Crippen molar-refractivity contribution in [3.63, 3.8) is 0 Å². The fraction of sp³-hybridized carbons (Fsp3) is 0.571. The molecule has 132 valence electrons. The molecule has 10 heteroatoms. The van der Waals surface area contributed by atoms with E-state index >= 15 is 0 Å². The van der Waals surface area contributed by atoms with Crippen molar-refractivity contribution in [1.29, 1.82) is 0 Å². The summed E-state index contributed by atoms with van der Waals surface area (Å²) in [6, 6.07) is 2.24. The molecule has 3 N–H and O–H groups in total. The van der Waals surface area contributed by atoms with Crippen molar-refractivity contribution in [1.82, 2.24) is 4.72 Å². The van der Waals surface area contributed by atoms with Gasteiger partial charge in [-0.25, -0.2) is 13.1 Å². The zero-order chi connectivity index (χ0) is 17.4. The topological polar surface area (TPSA) is 134 Å². The van der Waals surface area contributed by atoms with Gasteiger partial charge in [-0.15, -0.1) is 0 Å². The summed E-state index contributed by atoms with van der Waals surface area (Å²) in [4.78, 5) is 10.2. The molecule has 1 aromatic rings. The van der Waals surface area contributed by atoms with Crippen LogP contribution in [0.25, 0.3) is 0 Å². The Morgan fingerprint density at radius 3 is 2.33 bits per heavy atom. The molecule has 0 amide bonds. The van der Waals surface area contributed by atoms with Crippen molar-refractivity contribution in [2.75, 3.05) is 19.8 Å². The third-order valence-corrected chi connectivity index (χ3v) is 6.02. The molecule has 9 nitrogen and oxygen atoms in total. The van der Waals surface area contributed by atoms with E-state index in [1.807, 2.05) is 0 Å². The van der Waals surface area contributed by atoms with E-state index in [4.69, 9.17) is 15.2 Å². The molecule has 1 aromatic carbocycles. The Morgan fingerprint density at radius 2 is 1.79 bits per heavy atom. The van der Waals surface area contributed by atoms with Gasteiger partial charge in [0, 0.05) is 18.2 Å². The number of nitrogens with zero attached hydrogens (tertiary/aromatic N) is 1. The summed E-state index contributed by atoms with van der Waals surface area (Å²) in [6.07, 6.45) is 2.95. The number of nitro groups is 1. The lowest BCUT2D eigenvalue weighted by molar-refractivity contribution is -0.388. The summed E-state index contributed by atoms with van der Waals surface area (Å²) in [6.45, 7) is 0.653. The number of nitrogens with one attached hydrogen (secondary N) is 1. The lowest BCUT2D eigenvalue weighted by Crippen LogP contribution is -2.51. The van der Waals surface area contributed by atoms with Crippen LogP contribution in [0, 0.1) is 10.1 Å². The number of nitro benzene ring substituents is 1. The van der Waals surface area contributed by atoms with Gasteiger partial charge in [-0.1, -0.05) is 12.8 Å². The van der Waals surface area contributed by atoms with Gasteiger partial charge in [0.1, 0.15) is 13.2 Å². The van der Waals surface area contributed by atoms with E-state index in [1.54, 1.807) is 0 Å². The average Bonchev–Trinajstić information content (AvgIpc) is 3.02. The Labute approximate surface area is 139 Å². The molecule has 0 unspecified atom stereocenters. The van der Waals surface area contributed by atoms with Gasteiger partial charge >= 0.3 is 0 Å². The summed E-state index contributed by atoms with van der Waals surface area (Å²) < 4.78 is 38.8. The third kappa shape index (κ3) is 3.04. The lowest BCUT2D eigenvalue weighted by Gasteiger charge is -2.28. The van der Waals surface area contributed by atoms with Gasteiger partial charge in [0.2, 0.25) is 10.0 Å². The van der Waals surface area contributed by atoms with Crippen LogP contribution in [0.3, 0.4) is 0 Å². The highest BCUT2D eigenvalue weighted by atomic mass is 32.2. The van der Waals surface area contributed by atoms with E-state index in [0.717, 1.165) is 25.0 Å². The molecule has 1 aliphatic heterocycles. The molecule has 1 aliphatic carbocycles. The number of hydrogen-bond acceptors (Lipinski definition) is 7. The SMILES string of the molecule is NCC1(NS(=O)(=O)c2cc3c(cc2[N+](=O)[O-])OCCO3)CCCC1. The van der Waals surface area contributed by atoms with Crippen molar-refractivity contribution in [3.05, 3.63) is 22.2 Å². The van der Waals surface area contributed by atoms with Crippen LogP contribution in [-0.4, -0.2) is 38.6 Å². The van der Waals surface area contributed by atoms with Gasteiger partial charge < -0.3 is 15.2 Å². The first-order chi connectivity index (χ1) is 11.4. The second kappa shape index (κ2) is 6.19. The Kier molecular flexibility index (Phi) is 4.37. The van der Waals surface area contributed by atoms with Crippen LogP contribution in [-0.2, 0) is 10.0 Å². The van der Waals surface area contributed by atoms with Crippen LogP contribution < -0.4 is 19.9 Å². The molecule has 0 aromatic heterocycles. The maximum Gasteiger partial charge on any atom is 0.293 e. The predicted octanol–water partition coefficient (Wildman–Crippen LogP) is 0.916. The molecule has 0 atom stereocenters. The van der Waals surface area contributed by atoms with E-state index in [-0.39, 0.29) is 31.3 Å². The van der Waals surface area contributed by atoms with Crippen molar-refractivity contribution in [2.24, 2.45) is 5.73 Å². The third-order valence-electron chi connectivity index (χ3n) is 4.41. The number of nitrogens with two attached hydrogens (primary N) is 1. The Morgan fingerprint density at radius 1 is 1.21 bits per heavy atom. The van der Waals surface area contributed by atoms with Gasteiger partial charge in [0.25, 0.3) is 5.69 Å². The second-order valence-corrected chi connectivity index (χ2v) is 7.67. The number of fused-ring (bicyclic) bond motifs is 1. The van der Waals surface area contributed by atoms with Gasteiger partial charge in [0.05, 0.1) is 11.0 Å².